The largest absolute Gasteiger partial charge is 0.461 e. The Morgan fingerprint density at radius 2 is 2.24 bits per heavy atom. The summed E-state index contributed by atoms with van der Waals surface area (Å²) in [4.78, 5) is 17.0. The number of fused-ring (bicyclic) bond motifs is 1. The summed E-state index contributed by atoms with van der Waals surface area (Å²) in [6, 6.07) is 6.95. The number of carbonyl (C=O) groups is 1. The van der Waals surface area contributed by atoms with Gasteiger partial charge < -0.3 is 10.1 Å². The fourth-order valence-electron chi connectivity index (χ4n) is 2.76. The molecule has 0 spiro atoms. The minimum atomic E-state index is -0.473. The molecule has 1 aliphatic rings. The van der Waals surface area contributed by atoms with Gasteiger partial charge in [-0.3, -0.25) is 0 Å². The lowest BCUT2D eigenvalue weighted by molar-refractivity contribution is -0.138. The Morgan fingerprint density at radius 1 is 1.44 bits per heavy atom. The van der Waals surface area contributed by atoms with E-state index in [2.05, 4.69) is 22.3 Å². The van der Waals surface area contributed by atoms with Crippen LogP contribution in [0, 0.1) is 0 Å². The van der Waals surface area contributed by atoms with Crippen LogP contribution in [-0.2, 0) is 9.53 Å². The normalized spacial score (nSPS) is 16.4. The van der Waals surface area contributed by atoms with Gasteiger partial charge in [0.1, 0.15) is 19.0 Å². The number of hydrogen-bond donors (Lipinski definition) is 1. The molecule has 2 heterocycles. The monoisotopic (exact) mass is 378 g/mol. The summed E-state index contributed by atoms with van der Waals surface area (Å²) in [6.45, 7) is 4.27. The van der Waals surface area contributed by atoms with Gasteiger partial charge in [0.15, 0.2) is 0 Å². The Bertz CT molecular complexity index is 805. The zero-order valence-electron chi connectivity index (χ0n) is 14.0. The maximum atomic E-state index is 12.8. The van der Waals surface area contributed by atoms with Crippen LogP contribution in [0.4, 0.5) is 5.95 Å². The average Bonchev–Trinajstić information content (AvgIpc) is 3.06. The molecule has 2 aromatic rings. The third-order valence-corrected chi connectivity index (χ3v) is 5.09. The highest BCUT2D eigenvalue weighted by Crippen LogP contribution is 2.37. The molecule has 0 unspecified atom stereocenters. The highest BCUT2D eigenvalue weighted by atomic mass is 35.5. The van der Waals surface area contributed by atoms with Crippen LogP contribution in [0.1, 0.15) is 25.5 Å². The molecule has 1 N–H and O–H groups in total. The summed E-state index contributed by atoms with van der Waals surface area (Å²) in [7, 11) is 0. The second-order valence-electron chi connectivity index (χ2n) is 5.45. The minimum Gasteiger partial charge on any atom is -0.461 e. The molecule has 0 amide bonds. The van der Waals surface area contributed by atoms with Gasteiger partial charge in [-0.2, -0.15) is 21.8 Å². The number of hydrogen-bond acceptors (Lipinski definition) is 6. The number of anilines is 1. The fraction of sp³-hybridized carbons (Fsp3) is 0.353. The lowest BCUT2D eigenvalue weighted by Crippen LogP contribution is -2.30. The van der Waals surface area contributed by atoms with Crippen molar-refractivity contribution in [1.29, 1.82) is 0 Å². The van der Waals surface area contributed by atoms with Crippen LogP contribution in [0.15, 0.2) is 41.9 Å². The van der Waals surface area contributed by atoms with Gasteiger partial charge in [-0.05, 0) is 18.7 Å². The molecule has 1 aromatic heterocycles. The fourth-order valence-corrected chi connectivity index (χ4v) is 3.48. The van der Waals surface area contributed by atoms with Gasteiger partial charge in [-0.25, -0.2) is 9.48 Å². The van der Waals surface area contributed by atoms with Crippen molar-refractivity contribution in [3.63, 3.8) is 0 Å². The second kappa shape index (κ2) is 7.93. The topological polar surface area (TPSA) is 69.0 Å². The molecule has 1 atom stereocenters. The molecule has 1 aromatic carbocycles. The Labute approximate surface area is 155 Å². The lowest BCUT2D eigenvalue weighted by Gasteiger charge is -2.28. The molecular formula is C17H19ClN4O2S. The molecule has 0 saturated carbocycles. The standard InChI is InChI=1S/C17H19ClN4O2S/c1-3-25-9-8-24-16(23)14-11(2)21-17-19-10-20-22(17)15(14)12-6-4-5-7-13(12)18/h4-7,10,15H,3,8-9H2,1-2H3,(H,19,20,21)/t15-/m0/s1. The SMILES string of the molecule is CCSCCOC(=O)C1=C(C)Nc2ncnn2[C@H]1c1ccccc1Cl. The maximum Gasteiger partial charge on any atom is 0.338 e. The van der Waals surface area contributed by atoms with Crippen molar-refractivity contribution in [2.45, 2.75) is 19.9 Å². The van der Waals surface area contributed by atoms with E-state index < -0.39 is 6.04 Å². The molecule has 0 saturated heterocycles. The van der Waals surface area contributed by atoms with E-state index in [4.69, 9.17) is 16.3 Å². The summed E-state index contributed by atoms with van der Waals surface area (Å²) >= 11 is 8.12. The summed E-state index contributed by atoms with van der Waals surface area (Å²) in [5.74, 6) is 1.96. The third kappa shape index (κ3) is 3.67. The predicted octanol–water partition coefficient (Wildman–Crippen LogP) is 3.52. The third-order valence-electron chi connectivity index (χ3n) is 3.88. The molecule has 132 valence electrons. The van der Waals surface area contributed by atoms with Crippen molar-refractivity contribution in [3.8, 4) is 0 Å². The van der Waals surface area contributed by atoms with Gasteiger partial charge in [0.25, 0.3) is 0 Å². The molecule has 1 aliphatic heterocycles. The molecule has 6 nitrogen and oxygen atoms in total. The van der Waals surface area contributed by atoms with Crippen molar-refractivity contribution < 1.29 is 9.53 Å². The number of nitrogens with zero attached hydrogens (tertiary/aromatic N) is 3. The van der Waals surface area contributed by atoms with Crippen LogP contribution in [0.2, 0.25) is 5.02 Å². The minimum absolute atomic E-state index is 0.368. The van der Waals surface area contributed by atoms with E-state index >= 15 is 0 Å². The predicted molar refractivity (Wildman–Crippen MR) is 99.9 cm³/mol. The zero-order chi connectivity index (χ0) is 17.8. The van der Waals surface area contributed by atoms with Crippen LogP contribution in [0.25, 0.3) is 0 Å². The van der Waals surface area contributed by atoms with E-state index in [9.17, 15) is 4.79 Å². The molecule has 0 bridgehead atoms. The molecule has 0 fully saturated rings. The average molecular weight is 379 g/mol. The first-order valence-electron chi connectivity index (χ1n) is 8.00. The number of nitrogens with one attached hydrogen (secondary N) is 1. The van der Waals surface area contributed by atoms with Gasteiger partial charge in [-0.15, -0.1) is 0 Å². The number of carbonyl (C=O) groups excluding carboxylic acids is 1. The second-order valence-corrected chi connectivity index (χ2v) is 7.25. The lowest BCUT2D eigenvalue weighted by atomic mass is 9.96. The number of aromatic nitrogens is 3. The van der Waals surface area contributed by atoms with E-state index in [1.165, 1.54) is 6.33 Å². The number of esters is 1. The number of benzene rings is 1. The van der Waals surface area contributed by atoms with Crippen molar-refractivity contribution in [1.82, 2.24) is 14.8 Å². The number of allylic oxidation sites excluding steroid dienone is 1. The molecule has 25 heavy (non-hydrogen) atoms. The van der Waals surface area contributed by atoms with Gasteiger partial charge in [-0.1, -0.05) is 36.7 Å². The number of thioether (sulfide) groups is 1. The number of ether oxygens (including phenoxy) is 1. The molecule has 3 rings (SSSR count). The van der Waals surface area contributed by atoms with Crippen molar-refractivity contribution in [3.05, 3.63) is 52.4 Å². The quantitative estimate of drug-likeness (QED) is 0.612. The van der Waals surface area contributed by atoms with Crippen LogP contribution in [0.3, 0.4) is 0 Å². The van der Waals surface area contributed by atoms with Gasteiger partial charge >= 0.3 is 5.97 Å². The molecule has 0 radical (unpaired) electrons. The summed E-state index contributed by atoms with van der Waals surface area (Å²) < 4.78 is 7.13. The first-order valence-corrected chi connectivity index (χ1v) is 9.53. The summed E-state index contributed by atoms with van der Waals surface area (Å²) in [5, 5.41) is 7.95. The van der Waals surface area contributed by atoms with Gasteiger partial charge in [0, 0.05) is 22.0 Å². The summed E-state index contributed by atoms with van der Waals surface area (Å²) in [6.07, 6.45) is 1.45. The van der Waals surface area contributed by atoms with E-state index in [1.807, 2.05) is 25.1 Å². The van der Waals surface area contributed by atoms with Crippen LogP contribution in [-0.4, -0.2) is 38.8 Å². The zero-order valence-corrected chi connectivity index (χ0v) is 15.6. The molecule has 8 heteroatoms. The highest BCUT2D eigenvalue weighted by molar-refractivity contribution is 7.99. The van der Waals surface area contributed by atoms with Crippen molar-refractivity contribution in [2.75, 3.05) is 23.4 Å². The Balaban J connectivity index is 1.96. The number of rotatable bonds is 6. The van der Waals surface area contributed by atoms with Crippen LogP contribution >= 0.6 is 23.4 Å². The Morgan fingerprint density at radius 3 is 3.00 bits per heavy atom. The first-order chi connectivity index (χ1) is 12.1. The molecular weight excluding hydrogens is 360 g/mol. The highest BCUT2D eigenvalue weighted by Gasteiger charge is 2.35. The van der Waals surface area contributed by atoms with Crippen LogP contribution in [0.5, 0.6) is 0 Å². The van der Waals surface area contributed by atoms with E-state index in [1.54, 1.807) is 22.5 Å². The summed E-state index contributed by atoms with van der Waals surface area (Å²) in [5.41, 5.74) is 1.97. The van der Waals surface area contributed by atoms with Crippen LogP contribution < -0.4 is 5.32 Å². The van der Waals surface area contributed by atoms with Crippen molar-refractivity contribution >= 4 is 35.3 Å². The van der Waals surface area contributed by atoms with E-state index in [0.29, 0.717) is 28.8 Å². The van der Waals surface area contributed by atoms with E-state index in [0.717, 1.165) is 17.1 Å². The van der Waals surface area contributed by atoms with Gasteiger partial charge in [0.2, 0.25) is 5.95 Å². The smallest absolute Gasteiger partial charge is 0.338 e. The maximum absolute atomic E-state index is 12.8. The van der Waals surface area contributed by atoms with E-state index in [-0.39, 0.29) is 5.97 Å². The number of halogens is 1. The molecule has 0 aliphatic carbocycles. The first kappa shape index (κ1) is 17.8. The Kier molecular flexibility index (Phi) is 5.65. The van der Waals surface area contributed by atoms with Gasteiger partial charge in [0.05, 0.1) is 5.57 Å². The Hall–Kier alpha value is -1.99. The van der Waals surface area contributed by atoms with Crippen molar-refractivity contribution in [2.24, 2.45) is 0 Å².